The maximum atomic E-state index is 3.86. The maximum Gasteiger partial charge on any atom is -0.0105 e. The van der Waals surface area contributed by atoms with Crippen molar-refractivity contribution in [2.24, 2.45) is 0 Å². The summed E-state index contributed by atoms with van der Waals surface area (Å²) in [5.41, 5.74) is 3.59. The second kappa shape index (κ2) is 6.05. The molecule has 0 fully saturated rings. The van der Waals surface area contributed by atoms with Crippen LogP contribution in [0.25, 0.3) is 22.9 Å². The first kappa shape index (κ1) is 13.2. The first-order valence-corrected chi connectivity index (χ1v) is 6.04. The summed E-state index contributed by atoms with van der Waals surface area (Å²) in [5, 5.41) is 2.50. The van der Waals surface area contributed by atoms with Gasteiger partial charge in [0, 0.05) is 0 Å². The minimum atomic E-state index is 1.14. The lowest BCUT2D eigenvalue weighted by molar-refractivity contribution is 1.50. The summed E-state index contributed by atoms with van der Waals surface area (Å²) in [4.78, 5) is 0. The van der Waals surface area contributed by atoms with Crippen LogP contribution in [-0.2, 0) is 0 Å². The third-order valence-electron chi connectivity index (χ3n) is 2.67. The maximum absolute atomic E-state index is 3.86. The zero-order valence-corrected chi connectivity index (χ0v) is 11.0. The van der Waals surface area contributed by atoms with Gasteiger partial charge in [0.05, 0.1) is 0 Å². The summed E-state index contributed by atoms with van der Waals surface area (Å²) < 4.78 is 0. The third-order valence-corrected chi connectivity index (χ3v) is 2.67. The van der Waals surface area contributed by atoms with E-state index >= 15 is 0 Å². The zero-order valence-electron chi connectivity index (χ0n) is 11.0. The van der Waals surface area contributed by atoms with E-state index in [0.29, 0.717) is 0 Å². The monoisotopic (exact) mass is 224 g/mol. The fraction of sp³-hybridized carbons (Fsp3) is 0.176. The predicted octanol–water partition coefficient (Wildman–Crippen LogP) is 5.46. The van der Waals surface area contributed by atoms with E-state index in [2.05, 4.69) is 50.4 Å². The van der Waals surface area contributed by atoms with E-state index in [1.54, 1.807) is 0 Å². The van der Waals surface area contributed by atoms with E-state index in [1.807, 2.05) is 26.0 Å². The quantitative estimate of drug-likeness (QED) is 0.635. The topological polar surface area (TPSA) is 0 Å². The van der Waals surface area contributed by atoms with Crippen LogP contribution in [0.15, 0.2) is 43.5 Å². The van der Waals surface area contributed by atoms with Crippen LogP contribution in [0.4, 0.5) is 0 Å². The molecular weight excluding hydrogens is 204 g/mol. The molecule has 0 heteroatoms. The molecule has 17 heavy (non-hydrogen) atoms. The van der Waals surface area contributed by atoms with Gasteiger partial charge in [-0.05, 0) is 28.8 Å². The van der Waals surface area contributed by atoms with Gasteiger partial charge in [0.2, 0.25) is 0 Å². The highest BCUT2D eigenvalue weighted by Crippen LogP contribution is 2.25. The Bertz CT molecular complexity index is 533. The Morgan fingerprint density at radius 3 is 2.24 bits per heavy atom. The highest BCUT2D eigenvalue weighted by molar-refractivity contribution is 5.94. The minimum absolute atomic E-state index is 1.14. The van der Waals surface area contributed by atoms with Gasteiger partial charge in [0.1, 0.15) is 0 Å². The van der Waals surface area contributed by atoms with Crippen molar-refractivity contribution in [2.45, 2.75) is 20.8 Å². The number of aryl methyl sites for hydroxylation is 1. The van der Waals surface area contributed by atoms with Crippen molar-refractivity contribution in [1.82, 2.24) is 0 Å². The summed E-state index contributed by atoms with van der Waals surface area (Å²) in [6, 6.07) is 10.7. The van der Waals surface area contributed by atoms with Crippen LogP contribution < -0.4 is 0 Å². The average molecular weight is 224 g/mol. The van der Waals surface area contributed by atoms with E-state index in [9.17, 15) is 0 Å². The smallest absolute Gasteiger partial charge is 0.0105 e. The summed E-state index contributed by atoms with van der Waals surface area (Å²) in [6.45, 7) is 13.8. The van der Waals surface area contributed by atoms with E-state index in [0.717, 1.165) is 5.56 Å². The van der Waals surface area contributed by atoms with Gasteiger partial charge in [-0.25, -0.2) is 0 Å². The first-order chi connectivity index (χ1) is 8.26. The molecule has 2 aromatic carbocycles. The standard InChI is InChI=1S/C15H14.C2H6/c1-4-12-7-8-13-10-11(3)6-9-15(13)14(12)5-2;1-2/h4-10H,1-2H2,3H3;1-2H3. The lowest BCUT2D eigenvalue weighted by Crippen LogP contribution is -1.84. The minimum Gasteiger partial charge on any atom is -0.0984 e. The van der Waals surface area contributed by atoms with Gasteiger partial charge >= 0.3 is 0 Å². The molecule has 0 aliphatic rings. The Hall–Kier alpha value is -1.82. The molecule has 0 unspecified atom stereocenters. The van der Waals surface area contributed by atoms with Crippen LogP contribution in [0.5, 0.6) is 0 Å². The van der Waals surface area contributed by atoms with Crippen molar-refractivity contribution in [2.75, 3.05) is 0 Å². The fourth-order valence-electron chi connectivity index (χ4n) is 1.90. The predicted molar refractivity (Wildman–Crippen MR) is 80.2 cm³/mol. The first-order valence-electron chi connectivity index (χ1n) is 6.04. The van der Waals surface area contributed by atoms with Gasteiger partial charge in [-0.3, -0.25) is 0 Å². The molecule has 0 saturated heterocycles. The Morgan fingerprint density at radius 2 is 1.65 bits per heavy atom. The summed E-state index contributed by atoms with van der Waals surface area (Å²) >= 11 is 0. The number of hydrogen-bond acceptors (Lipinski definition) is 0. The molecule has 0 atom stereocenters. The Balaban J connectivity index is 0.000000686. The van der Waals surface area contributed by atoms with Gasteiger partial charge in [0.25, 0.3) is 0 Å². The third kappa shape index (κ3) is 2.65. The molecule has 0 bridgehead atoms. The molecule has 0 N–H and O–H groups in total. The van der Waals surface area contributed by atoms with E-state index < -0.39 is 0 Å². The van der Waals surface area contributed by atoms with Crippen molar-refractivity contribution in [3.8, 4) is 0 Å². The van der Waals surface area contributed by atoms with Crippen molar-refractivity contribution < 1.29 is 0 Å². The molecule has 0 aliphatic carbocycles. The van der Waals surface area contributed by atoms with Gasteiger partial charge in [-0.1, -0.05) is 75.1 Å². The average Bonchev–Trinajstić information content (AvgIpc) is 2.39. The molecule has 2 rings (SSSR count). The number of rotatable bonds is 2. The molecule has 0 amide bonds. The van der Waals surface area contributed by atoms with Crippen molar-refractivity contribution in [1.29, 1.82) is 0 Å². The SMILES string of the molecule is C=Cc1ccc2cc(C)ccc2c1C=C.CC. The van der Waals surface area contributed by atoms with Crippen LogP contribution >= 0.6 is 0 Å². The normalized spacial score (nSPS) is 9.35. The number of hydrogen-bond donors (Lipinski definition) is 0. The molecule has 0 aliphatic heterocycles. The van der Waals surface area contributed by atoms with Crippen LogP contribution in [0.1, 0.15) is 30.5 Å². The van der Waals surface area contributed by atoms with Crippen LogP contribution in [0.3, 0.4) is 0 Å². The highest BCUT2D eigenvalue weighted by Gasteiger charge is 2.02. The van der Waals surface area contributed by atoms with Crippen molar-refractivity contribution >= 4 is 22.9 Å². The molecule has 88 valence electrons. The summed E-state index contributed by atoms with van der Waals surface area (Å²) in [5.74, 6) is 0. The largest absolute Gasteiger partial charge is 0.0984 e. The van der Waals surface area contributed by atoms with Gasteiger partial charge in [-0.2, -0.15) is 0 Å². The summed E-state index contributed by atoms with van der Waals surface area (Å²) in [6.07, 6.45) is 3.77. The Labute approximate surface area is 104 Å². The fourth-order valence-corrected chi connectivity index (χ4v) is 1.90. The number of fused-ring (bicyclic) bond motifs is 1. The molecule has 0 radical (unpaired) electrons. The number of benzene rings is 2. The zero-order chi connectivity index (χ0) is 12.8. The van der Waals surface area contributed by atoms with Crippen LogP contribution in [0.2, 0.25) is 0 Å². The Kier molecular flexibility index (Phi) is 4.71. The second-order valence-electron chi connectivity index (χ2n) is 3.70. The van der Waals surface area contributed by atoms with Crippen LogP contribution in [0, 0.1) is 6.92 Å². The Morgan fingerprint density at radius 1 is 0.941 bits per heavy atom. The molecule has 0 aromatic heterocycles. The van der Waals surface area contributed by atoms with Crippen molar-refractivity contribution in [3.05, 3.63) is 60.2 Å². The molecule has 0 nitrogen and oxygen atoms in total. The van der Waals surface area contributed by atoms with Crippen LogP contribution in [-0.4, -0.2) is 0 Å². The lowest BCUT2D eigenvalue weighted by atomic mass is 9.98. The van der Waals surface area contributed by atoms with E-state index in [4.69, 9.17) is 0 Å². The van der Waals surface area contributed by atoms with Gasteiger partial charge in [0.15, 0.2) is 0 Å². The molecule has 0 heterocycles. The van der Waals surface area contributed by atoms with Gasteiger partial charge < -0.3 is 0 Å². The molecule has 0 spiro atoms. The molecule has 0 saturated carbocycles. The molecular formula is C17H20. The van der Waals surface area contributed by atoms with Crippen molar-refractivity contribution in [3.63, 3.8) is 0 Å². The lowest BCUT2D eigenvalue weighted by Gasteiger charge is -2.07. The van der Waals surface area contributed by atoms with Gasteiger partial charge in [-0.15, -0.1) is 0 Å². The van der Waals surface area contributed by atoms with E-state index in [-0.39, 0.29) is 0 Å². The summed E-state index contributed by atoms with van der Waals surface area (Å²) in [7, 11) is 0. The second-order valence-corrected chi connectivity index (χ2v) is 3.70. The van der Waals surface area contributed by atoms with E-state index in [1.165, 1.54) is 21.9 Å². The highest BCUT2D eigenvalue weighted by atomic mass is 14.1. The molecule has 2 aromatic rings.